The van der Waals surface area contributed by atoms with Crippen LogP contribution in [0.15, 0.2) is 12.5 Å². The van der Waals surface area contributed by atoms with Gasteiger partial charge in [0.2, 0.25) is 5.91 Å². The van der Waals surface area contributed by atoms with Crippen molar-refractivity contribution in [3.8, 4) is 0 Å². The van der Waals surface area contributed by atoms with Crippen molar-refractivity contribution in [2.24, 2.45) is 0 Å². The predicted octanol–water partition coefficient (Wildman–Crippen LogP) is 2.49. The molecule has 1 aromatic heterocycles. The summed E-state index contributed by atoms with van der Waals surface area (Å²) in [7, 11) is 0. The molecule has 0 aromatic carbocycles. The minimum Gasteiger partial charge on any atom is -0.350 e. The maximum atomic E-state index is 11.9. The van der Waals surface area contributed by atoms with E-state index in [9.17, 15) is 4.79 Å². The predicted molar refractivity (Wildman–Crippen MR) is 69.0 cm³/mol. The van der Waals surface area contributed by atoms with Crippen LogP contribution in [-0.2, 0) is 11.3 Å². The maximum Gasteiger partial charge on any atom is 0.244 e. The molecule has 0 bridgehead atoms. The third-order valence-corrected chi connectivity index (χ3v) is 2.62. The van der Waals surface area contributed by atoms with Crippen LogP contribution in [0.2, 0.25) is 0 Å². The molecule has 1 heterocycles. The number of carbonyl (C=O) groups is 1. The van der Waals surface area contributed by atoms with Crippen molar-refractivity contribution < 1.29 is 4.79 Å². The second-order valence-corrected chi connectivity index (χ2v) is 5.55. The molecule has 0 aliphatic rings. The first-order valence-electron chi connectivity index (χ1n) is 5.81. The summed E-state index contributed by atoms with van der Waals surface area (Å²) in [6.07, 6.45) is 4.34. The van der Waals surface area contributed by atoms with Crippen LogP contribution in [0.5, 0.6) is 0 Å². The van der Waals surface area contributed by atoms with Crippen LogP contribution in [0.1, 0.15) is 45.2 Å². The molecular weight excluding hydrogens is 238 g/mol. The summed E-state index contributed by atoms with van der Waals surface area (Å²) >= 11 is 6.17. The quantitative estimate of drug-likeness (QED) is 0.843. The molecule has 4 nitrogen and oxygen atoms in total. The summed E-state index contributed by atoms with van der Waals surface area (Å²) in [4.78, 5) is 16.0. The second kappa shape index (κ2) is 5.54. The van der Waals surface area contributed by atoms with Gasteiger partial charge in [0, 0.05) is 12.1 Å². The van der Waals surface area contributed by atoms with Gasteiger partial charge in [0.05, 0.1) is 18.2 Å². The number of aryl methyl sites for hydroxylation is 1. The lowest BCUT2D eigenvalue weighted by molar-refractivity contribution is -0.122. The Balaban J connectivity index is 2.78. The number of alkyl halides is 1. The Morgan fingerprint density at radius 3 is 2.76 bits per heavy atom. The number of hydrogen-bond acceptors (Lipinski definition) is 2. The molecule has 1 amide bonds. The Morgan fingerprint density at radius 1 is 1.59 bits per heavy atom. The van der Waals surface area contributed by atoms with Gasteiger partial charge < -0.3 is 9.88 Å². The molecular formula is C12H20ClN3O. The fourth-order valence-electron chi connectivity index (χ4n) is 1.54. The van der Waals surface area contributed by atoms with Crippen LogP contribution in [0, 0.1) is 0 Å². The van der Waals surface area contributed by atoms with Gasteiger partial charge in [-0.2, -0.15) is 0 Å². The van der Waals surface area contributed by atoms with Crippen LogP contribution in [0.3, 0.4) is 0 Å². The average Bonchev–Trinajstić information content (AvgIpc) is 2.62. The standard InChI is InChI=1S/C12H20ClN3O/c1-5-6-16-8-14-7-9(16)10(13)11(17)15-12(2,3)4/h7-8,10H,5-6H2,1-4H3,(H,15,17). The van der Waals surface area contributed by atoms with Gasteiger partial charge in [-0.05, 0) is 27.2 Å². The summed E-state index contributed by atoms with van der Waals surface area (Å²) in [5, 5.41) is 2.17. The molecule has 0 saturated heterocycles. The zero-order valence-corrected chi connectivity index (χ0v) is 11.6. The van der Waals surface area contributed by atoms with E-state index in [2.05, 4.69) is 17.2 Å². The van der Waals surface area contributed by atoms with Gasteiger partial charge in [-0.3, -0.25) is 4.79 Å². The number of amides is 1. The van der Waals surface area contributed by atoms with Crippen molar-refractivity contribution in [2.45, 2.75) is 51.6 Å². The number of nitrogens with one attached hydrogen (secondary N) is 1. The maximum absolute atomic E-state index is 11.9. The fraction of sp³-hybridized carbons (Fsp3) is 0.667. The van der Waals surface area contributed by atoms with E-state index in [4.69, 9.17) is 11.6 Å². The zero-order valence-electron chi connectivity index (χ0n) is 10.8. The molecule has 0 aliphatic carbocycles. The number of aromatic nitrogens is 2. The molecule has 1 rings (SSSR count). The topological polar surface area (TPSA) is 46.9 Å². The van der Waals surface area contributed by atoms with E-state index < -0.39 is 5.38 Å². The number of halogens is 1. The van der Waals surface area contributed by atoms with Gasteiger partial charge in [0.1, 0.15) is 0 Å². The number of carbonyl (C=O) groups excluding carboxylic acids is 1. The molecule has 96 valence electrons. The van der Waals surface area contributed by atoms with Crippen molar-refractivity contribution in [2.75, 3.05) is 0 Å². The van der Waals surface area contributed by atoms with Gasteiger partial charge in [0.15, 0.2) is 5.38 Å². The summed E-state index contributed by atoms with van der Waals surface area (Å²) in [5.41, 5.74) is 0.468. The minimum atomic E-state index is -0.691. The largest absolute Gasteiger partial charge is 0.350 e. The first-order chi connectivity index (χ1) is 7.85. The Kier molecular flexibility index (Phi) is 4.57. The van der Waals surface area contributed by atoms with Crippen molar-refractivity contribution in [3.05, 3.63) is 18.2 Å². The van der Waals surface area contributed by atoms with Crippen LogP contribution < -0.4 is 5.32 Å². The molecule has 0 radical (unpaired) electrons. The van der Waals surface area contributed by atoms with E-state index in [1.807, 2.05) is 25.3 Å². The summed E-state index contributed by atoms with van der Waals surface area (Å²) in [5.74, 6) is -0.183. The molecule has 1 aromatic rings. The molecule has 0 spiro atoms. The zero-order chi connectivity index (χ0) is 13.1. The van der Waals surface area contributed by atoms with Crippen molar-refractivity contribution >= 4 is 17.5 Å². The normalized spacial score (nSPS) is 13.5. The Labute approximate surface area is 107 Å². The van der Waals surface area contributed by atoms with Crippen LogP contribution >= 0.6 is 11.6 Å². The lowest BCUT2D eigenvalue weighted by atomic mass is 10.1. The fourth-order valence-corrected chi connectivity index (χ4v) is 1.77. The minimum absolute atomic E-state index is 0.183. The lowest BCUT2D eigenvalue weighted by Gasteiger charge is -2.22. The molecule has 5 heteroatoms. The molecule has 1 atom stereocenters. The first-order valence-corrected chi connectivity index (χ1v) is 6.25. The summed E-state index contributed by atoms with van der Waals surface area (Å²) < 4.78 is 1.92. The van der Waals surface area contributed by atoms with E-state index >= 15 is 0 Å². The SMILES string of the molecule is CCCn1cncc1C(Cl)C(=O)NC(C)(C)C. The van der Waals surface area contributed by atoms with Crippen molar-refractivity contribution in [1.82, 2.24) is 14.9 Å². The number of hydrogen-bond donors (Lipinski definition) is 1. The average molecular weight is 258 g/mol. The van der Waals surface area contributed by atoms with Gasteiger partial charge in [-0.15, -0.1) is 11.6 Å². The van der Waals surface area contributed by atoms with Crippen molar-refractivity contribution in [1.29, 1.82) is 0 Å². The number of nitrogens with zero attached hydrogens (tertiary/aromatic N) is 2. The van der Waals surface area contributed by atoms with E-state index in [0.29, 0.717) is 0 Å². The monoisotopic (exact) mass is 257 g/mol. The highest BCUT2D eigenvalue weighted by Crippen LogP contribution is 2.21. The lowest BCUT2D eigenvalue weighted by Crippen LogP contribution is -2.42. The third-order valence-electron chi connectivity index (χ3n) is 2.20. The first kappa shape index (κ1) is 14.0. The van der Waals surface area contributed by atoms with E-state index in [-0.39, 0.29) is 11.4 Å². The number of rotatable bonds is 4. The Bertz CT molecular complexity index is 381. The molecule has 1 unspecified atom stereocenters. The highest BCUT2D eigenvalue weighted by molar-refractivity contribution is 6.30. The van der Waals surface area contributed by atoms with E-state index in [1.165, 1.54) is 0 Å². The Morgan fingerprint density at radius 2 is 2.24 bits per heavy atom. The molecule has 0 aliphatic heterocycles. The summed E-state index contributed by atoms with van der Waals surface area (Å²) in [6, 6.07) is 0. The van der Waals surface area contributed by atoms with Gasteiger partial charge >= 0.3 is 0 Å². The van der Waals surface area contributed by atoms with E-state index in [0.717, 1.165) is 18.7 Å². The van der Waals surface area contributed by atoms with Gasteiger partial charge in [-0.25, -0.2) is 4.98 Å². The summed E-state index contributed by atoms with van der Waals surface area (Å²) in [6.45, 7) is 8.68. The van der Waals surface area contributed by atoms with E-state index in [1.54, 1.807) is 12.5 Å². The third kappa shape index (κ3) is 4.04. The number of imidazole rings is 1. The second-order valence-electron chi connectivity index (χ2n) is 5.11. The molecule has 1 N–H and O–H groups in total. The smallest absolute Gasteiger partial charge is 0.244 e. The highest BCUT2D eigenvalue weighted by atomic mass is 35.5. The van der Waals surface area contributed by atoms with Gasteiger partial charge in [0.25, 0.3) is 0 Å². The van der Waals surface area contributed by atoms with Crippen LogP contribution in [0.25, 0.3) is 0 Å². The molecule has 0 saturated carbocycles. The Hall–Kier alpha value is -1.03. The highest BCUT2D eigenvalue weighted by Gasteiger charge is 2.24. The van der Waals surface area contributed by atoms with Crippen LogP contribution in [-0.4, -0.2) is 21.0 Å². The molecule has 17 heavy (non-hydrogen) atoms. The van der Waals surface area contributed by atoms with Crippen LogP contribution in [0.4, 0.5) is 0 Å². The molecule has 0 fully saturated rings. The van der Waals surface area contributed by atoms with Crippen molar-refractivity contribution in [3.63, 3.8) is 0 Å². The van der Waals surface area contributed by atoms with Gasteiger partial charge in [-0.1, -0.05) is 6.92 Å².